The summed E-state index contributed by atoms with van der Waals surface area (Å²) in [5.74, 6) is 1.28. The van der Waals surface area contributed by atoms with Crippen LogP contribution in [0.15, 0.2) is 47.4 Å². The molecule has 3 aromatic heterocycles. The second-order valence-corrected chi connectivity index (χ2v) is 9.29. The first-order valence-corrected chi connectivity index (χ1v) is 11.5. The van der Waals surface area contributed by atoms with Gasteiger partial charge < -0.3 is 4.90 Å². The lowest BCUT2D eigenvalue weighted by Crippen LogP contribution is -2.34. The summed E-state index contributed by atoms with van der Waals surface area (Å²) in [6.07, 6.45) is 2.85. The van der Waals surface area contributed by atoms with E-state index in [2.05, 4.69) is 61.0 Å². The second-order valence-electron chi connectivity index (χ2n) is 9.29. The van der Waals surface area contributed by atoms with Crippen LogP contribution in [-0.4, -0.2) is 26.1 Å². The normalized spacial score (nSPS) is 13.6. The van der Waals surface area contributed by atoms with E-state index in [1.807, 2.05) is 20.0 Å². The van der Waals surface area contributed by atoms with Gasteiger partial charge >= 0.3 is 0 Å². The van der Waals surface area contributed by atoms with Gasteiger partial charge in [0.1, 0.15) is 0 Å². The number of pyridine rings is 1. The van der Waals surface area contributed by atoms with Gasteiger partial charge in [-0.05, 0) is 49.4 Å². The first-order chi connectivity index (χ1) is 15.8. The number of aromatic nitrogens is 4. The fourth-order valence-electron chi connectivity index (χ4n) is 4.75. The Balaban J connectivity index is 1.56. The zero-order valence-electron chi connectivity index (χ0n) is 19.9. The fraction of sp³-hybridized carbons (Fsp3) is 0.333. The molecule has 0 amide bonds. The van der Waals surface area contributed by atoms with Gasteiger partial charge in [0.05, 0.1) is 0 Å². The van der Waals surface area contributed by atoms with Crippen molar-refractivity contribution in [3.63, 3.8) is 0 Å². The Bertz CT molecular complexity index is 1440. The third kappa shape index (κ3) is 3.69. The number of aryl methyl sites for hydroxylation is 2. The minimum Gasteiger partial charge on any atom is -0.350 e. The van der Waals surface area contributed by atoms with Gasteiger partial charge in [0, 0.05) is 59.9 Å². The molecule has 4 heterocycles. The summed E-state index contributed by atoms with van der Waals surface area (Å²) in [7, 11) is 0. The van der Waals surface area contributed by atoms with Crippen LogP contribution in [0.2, 0.25) is 0 Å². The smallest absolute Gasteiger partial charge is 0.274 e. The molecule has 0 bridgehead atoms. The van der Waals surface area contributed by atoms with Crippen molar-refractivity contribution in [3.8, 4) is 11.1 Å². The van der Waals surface area contributed by atoms with Crippen LogP contribution in [0.5, 0.6) is 0 Å². The van der Waals surface area contributed by atoms with Gasteiger partial charge in [-0.1, -0.05) is 38.1 Å². The Morgan fingerprint density at radius 1 is 1.03 bits per heavy atom. The summed E-state index contributed by atoms with van der Waals surface area (Å²) in [6.45, 7) is 11.9. The van der Waals surface area contributed by atoms with E-state index in [0.717, 1.165) is 41.2 Å². The lowest BCUT2D eigenvalue weighted by Gasteiger charge is -2.31. The monoisotopic (exact) mass is 439 g/mol. The number of hydrogen-bond donors (Lipinski definition) is 0. The maximum atomic E-state index is 12.6. The topological polar surface area (TPSA) is 63.4 Å². The summed E-state index contributed by atoms with van der Waals surface area (Å²) >= 11 is 0. The molecule has 6 nitrogen and oxygen atoms in total. The highest BCUT2D eigenvalue weighted by Gasteiger charge is 2.23. The average Bonchev–Trinajstić information content (AvgIpc) is 2.81. The van der Waals surface area contributed by atoms with Crippen molar-refractivity contribution >= 4 is 11.5 Å². The molecule has 1 aliphatic rings. The van der Waals surface area contributed by atoms with Gasteiger partial charge in [-0.15, -0.1) is 5.10 Å². The van der Waals surface area contributed by atoms with Gasteiger partial charge in [0.25, 0.3) is 5.56 Å². The van der Waals surface area contributed by atoms with E-state index in [9.17, 15) is 4.79 Å². The molecule has 0 spiro atoms. The van der Waals surface area contributed by atoms with Gasteiger partial charge in [-0.3, -0.25) is 9.78 Å². The Kier molecular flexibility index (Phi) is 5.23. The zero-order chi connectivity index (χ0) is 23.3. The molecule has 0 unspecified atom stereocenters. The van der Waals surface area contributed by atoms with E-state index in [4.69, 9.17) is 10.1 Å². The van der Waals surface area contributed by atoms with Crippen molar-refractivity contribution in [2.24, 2.45) is 0 Å². The van der Waals surface area contributed by atoms with Crippen molar-refractivity contribution in [3.05, 3.63) is 86.6 Å². The number of benzene rings is 1. The quantitative estimate of drug-likeness (QED) is 0.460. The summed E-state index contributed by atoms with van der Waals surface area (Å²) in [5.41, 5.74) is 9.32. The Morgan fingerprint density at radius 2 is 1.82 bits per heavy atom. The van der Waals surface area contributed by atoms with Crippen molar-refractivity contribution < 1.29 is 0 Å². The second kappa shape index (κ2) is 8.10. The minimum absolute atomic E-state index is 0.145. The lowest BCUT2D eigenvalue weighted by molar-refractivity contribution is 0.684. The number of anilines is 1. The van der Waals surface area contributed by atoms with Crippen LogP contribution in [0.4, 0.5) is 5.82 Å². The first kappa shape index (κ1) is 21.3. The molecule has 0 saturated heterocycles. The Labute approximate surface area is 194 Å². The maximum absolute atomic E-state index is 12.6. The first-order valence-electron chi connectivity index (χ1n) is 11.5. The Hall–Kier alpha value is -3.54. The molecule has 1 aromatic carbocycles. The van der Waals surface area contributed by atoms with Crippen molar-refractivity contribution in [2.45, 2.75) is 53.5 Å². The lowest BCUT2D eigenvalue weighted by atomic mass is 9.92. The SMILES string of the molecule is Cc1cc(=O)n2nc(N3CCc4ncc(-c5ccccc5C(C)C)cc4C3)c(C)c(C)c2n1. The van der Waals surface area contributed by atoms with Crippen LogP contribution in [0.3, 0.4) is 0 Å². The molecule has 0 N–H and O–H groups in total. The number of fused-ring (bicyclic) bond motifs is 2. The third-order valence-corrected chi connectivity index (χ3v) is 6.68. The minimum atomic E-state index is -0.145. The van der Waals surface area contributed by atoms with Crippen LogP contribution in [-0.2, 0) is 13.0 Å². The Morgan fingerprint density at radius 3 is 2.61 bits per heavy atom. The van der Waals surface area contributed by atoms with E-state index >= 15 is 0 Å². The predicted molar refractivity (Wildman–Crippen MR) is 132 cm³/mol. The summed E-state index contributed by atoms with van der Waals surface area (Å²) < 4.78 is 1.44. The zero-order valence-corrected chi connectivity index (χ0v) is 19.9. The van der Waals surface area contributed by atoms with E-state index < -0.39 is 0 Å². The van der Waals surface area contributed by atoms with Crippen molar-refractivity contribution in [1.82, 2.24) is 19.6 Å². The highest BCUT2D eigenvalue weighted by Crippen LogP contribution is 2.32. The molecule has 1 aliphatic heterocycles. The van der Waals surface area contributed by atoms with Crippen molar-refractivity contribution in [2.75, 3.05) is 11.4 Å². The van der Waals surface area contributed by atoms with E-state index in [-0.39, 0.29) is 5.56 Å². The molecule has 0 atom stereocenters. The van der Waals surface area contributed by atoms with Gasteiger partial charge in [-0.25, -0.2) is 4.98 Å². The average molecular weight is 440 g/mol. The van der Waals surface area contributed by atoms with E-state index in [1.165, 1.54) is 27.3 Å². The molecule has 0 fully saturated rings. The number of hydrogen-bond acceptors (Lipinski definition) is 5. The molecule has 4 aromatic rings. The third-order valence-electron chi connectivity index (χ3n) is 6.68. The molecule has 0 aliphatic carbocycles. The van der Waals surface area contributed by atoms with Crippen LogP contribution >= 0.6 is 0 Å². The fourth-order valence-corrected chi connectivity index (χ4v) is 4.75. The summed E-state index contributed by atoms with van der Waals surface area (Å²) in [6, 6.07) is 12.4. The van der Waals surface area contributed by atoms with E-state index in [0.29, 0.717) is 23.8 Å². The molecule has 33 heavy (non-hydrogen) atoms. The van der Waals surface area contributed by atoms with Gasteiger partial charge in [-0.2, -0.15) is 4.52 Å². The molecule has 5 rings (SSSR count). The van der Waals surface area contributed by atoms with Crippen LogP contribution in [0.1, 0.15) is 53.4 Å². The molecular weight excluding hydrogens is 410 g/mol. The standard InChI is InChI=1S/C27H29N5O/c1-16(2)22-8-6-7-9-23(22)20-13-21-15-31(11-10-24(21)28-14-20)27-19(5)18(4)26-29-17(3)12-25(33)32(26)30-27/h6-9,12-14,16H,10-11,15H2,1-5H3. The maximum Gasteiger partial charge on any atom is 0.274 e. The molecule has 0 saturated carbocycles. The number of rotatable bonds is 3. The molecular formula is C27H29N5O. The summed E-state index contributed by atoms with van der Waals surface area (Å²) in [5, 5.41) is 4.74. The molecule has 0 radical (unpaired) electrons. The molecule has 168 valence electrons. The summed E-state index contributed by atoms with van der Waals surface area (Å²) in [4.78, 5) is 24.3. The van der Waals surface area contributed by atoms with Gasteiger partial charge in [0.2, 0.25) is 0 Å². The largest absolute Gasteiger partial charge is 0.350 e. The van der Waals surface area contributed by atoms with Gasteiger partial charge in [0.15, 0.2) is 11.5 Å². The number of nitrogens with zero attached hydrogens (tertiary/aromatic N) is 5. The van der Waals surface area contributed by atoms with Crippen LogP contribution in [0.25, 0.3) is 16.8 Å². The predicted octanol–water partition coefficient (Wildman–Crippen LogP) is 4.76. The van der Waals surface area contributed by atoms with Crippen LogP contribution < -0.4 is 10.5 Å². The molecule has 6 heteroatoms. The van der Waals surface area contributed by atoms with Crippen LogP contribution in [0, 0.1) is 20.8 Å². The highest BCUT2D eigenvalue weighted by atomic mass is 16.1. The van der Waals surface area contributed by atoms with E-state index in [1.54, 1.807) is 0 Å². The highest BCUT2D eigenvalue weighted by molar-refractivity contribution is 5.69. The van der Waals surface area contributed by atoms with Crippen molar-refractivity contribution in [1.29, 1.82) is 0 Å².